The van der Waals surface area contributed by atoms with Crippen LogP contribution in [0.3, 0.4) is 0 Å². The van der Waals surface area contributed by atoms with E-state index in [9.17, 15) is 22.0 Å². The molecule has 4 nitrogen and oxygen atoms in total. The standard InChI is InChI=1S/C18H13F5N4/c1-27(14-8-4-12(20)5-9-14)17-24-10-15(18(21,22)23)16(26-17)25-13-6-2-11(19)3-7-13/h2-10H,1H3,(H,24,25,26). The molecule has 0 aliphatic rings. The number of alkyl halides is 3. The molecule has 0 spiro atoms. The lowest BCUT2D eigenvalue weighted by molar-refractivity contribution is -0.137. The Balaban J connectivity index is 1.99. The van der Waals surface area contributed by atoms with Crippen LogP contribution in [0.25, 0.3) is 0 Å². The molecule has 3 aromatic rings. The van der Waals surface area contributed by atoms with Crippen molar-refractivity contribution >= 4 is 23.1 Å². The van der Waals surface area contributed by atoms with Gasteiger partial charge in [-0.25, -0.2) is 13.8 Å². The van der Waals surface area contributed by atoms with Gasteiger partial charge in [-0.15, -0.1) is 0 Å². The van der Waals surface area contributed by atoms with Crippen molar-refractivity contribution in [2.75, 3.05) is 17.3 Å². The smallest absolute Gasteiger partial charge is 0.340 e. The average Bonchev–Trinajstić information content (AvgIpc) is 2.63. The van der Waals surface area contributed by atoms with Crippen LogP contribution in [0.2, 0.25) is 0 Å². The van der Waals surface area contributed by atoms with Crippen molar-refractivity contribution in [1.82, 2.24) is 9.97 Å². The summed E-state index contributed by atoms with van der Waals surface area (Å²) in [6.07, 6.45) is -4.02. The molecule has 0 saturated heterocycles. The molecule has 0 amide bonds. The molecule has 27 heavy (non-hydrogen) atoms. The van der Waals surface area contributed by atoms with Crippen LogP contribution >= 0.6 is 0 Å². The fourth-order valence-electron chi connectivity index (χ4n) is 2.29. The summed E-state index contributed by atoms with van der Waals surface area (Å²) in [4.78, 5) is 9.13. The average molecular weight is 380 g/mol. The van der Waals surface area contributed by atoms with Gasteiger partial charge in [0, 0.05) is 24.6 Å². The van der Waals surface area contributed by atoms with Gasteiger partial charge < -0.3 is 10.2 Å². The second-order valence-electron chi connectivity index (χ2n) is 5.60. The van der Waals surface area contributed by atoms with Crippen molar-refractivity contribution in [2.24, 2.45) is 0 Å². The minimum atomic E-state index is -4.69. The highest BCUT2D eigenvalue weighted by molar-refractivity contribution is 5.63. The zero-order chi connectivity index (χ0) is 19.6. The highest BCUT2D eigenvalue weighted by Crippen LogP contribution is 2.36. The van der Waals surface area contributed by atoms with Gasteiger partial charge in [-0.3, -0.25) is 0 Å². The molecule has 0 atom stereocenters. The van der Waals surface area contributed by atoms with Crippen molar-refractivity contribution in [2.45, 2.75) is 6.18 Å². The molecule has 140 valence electrons. The van der Waals surface area contributed by atoms with E-state index in [1.165, 1.54) is 48.3 Å². The second-order valence-corrected chi connectivity index (χ2v) is 5.60. The first-order valence-corrected chi connectivity index (χ1v) is 7.70. The van der Waals surface area contributed by atoms with Crippen LogP contribution in [0, 0.1) is 11.6 Å². The van der Waals surface area contributed by atoms with Crippen LogP contribution in [0.15, 0.2) is 54.7 Å². The number of aromatic nitrogens is 2. The first-order valence-electron chi connectivity index (χ1n) is 7.70. The Morgan fingerprint density at radius 3 is 2.00 bits per heavy atom. The third kappa shape index (κ3) is 4.30. The second kappa shape index (κ2) is 7.18. The van der Waals surface area contributed by atoms with Crippen molar-refractivity contribution in [3.05, 3.63) is 71.9 Å². The summed E-state index contributed by atoms with van der Waals surface area (Å²) in [5, 5.41) is 2.54. The van der Waals surface area contributed by atoms with Crippen molar-refractivity contribution < 1.29 is 22.0 Å². The molecule has 0 radical (unpaired) electrons. The van der Waals surface area contributed by atoms with Crippen LogP contribution in [-0.4, -0.2) is 17.0 Å². The fraction of sp³-hybridized carbons (Fsp3) is 0.111. The largest absolute Gasteiger partial charge is 0.421 e. The molecule has 1 heterocycles. The summed E-state index contributed by atoms with van der Waals surface area (Å²) in [7, 11) is 1.54. The number of hydrogen-bond acceptors (Lipinski definition) is 4. The molecule has 0 bridgehead atoms. The van der Waals surface area contributed by atoms with Gasteiger partial charge in [0.05, 0.1) is 0 Å². The molecule has 1 aromatic heterocycles. The van der Waals surface area contributed by atoms with E-state index in [2.05, 4.69) is 15.3 Å². The topological polar surface area (TPSA) is 41.1 Å². The highest BCUT2D eigenvalue weighted by Gasteiger charge is 2.35. The van der Waals surface area contributed by atoms with Gasteiger partial charge in [0.1, 0.15) is 23.0 Å². The SMILES string of the molecule is CN(c1ccc(F)cc1)c1ncc(C(F)(F)F)c(Nc2ccc(F)cc2)n1. The lowest BCUT2D eigenvalue weighted by Gasteiger charge is -2.20. The predicted octanol–water partition coefficient (Wildman–Crippen LogP) is 5.29. The molecule has 0 fully saturated rings. The maximum absolute atomic E-state index is 13.3. The van der Waals surface area contributed by atoms with E-state index >= 15 is 0 Å². The van der Waals surface area contributed by atoms with E-state index in [0.29, 0.717) is 11.9 Å². The molecule has 0 unspecified atom stereocenters. The monoisotopic (exact) mass is 380 g/mol. The number of hydrogen-bond donors (Lipinski definition) is 1. The molecular weight excluding hydrogens is 367 g/mol. The Kier molecular flexibility index (Phi) is 4.93. The van der Waals surface area contributed by atoms with Crippen LogP contribution in [0.4, 0.5) is 45.1 Å². The highest BCUT2D eigenvalue weighted by atomic mass is 19.4. The summed E-state index contributed by atoms with van der Waals surface area (Å²) in [6, 6.07) is 10.1. The number of anilines is 4. The minimum absolute atomic E-state index is 0.0285. The van der Waals surface area contributed by atoms with Crippen LogP contribution < -0.4 is 10.2 Å². The summed E-state index contributed by atoms with van der Waals surface area (Å²) in [5.41, 5.74) is -0.344. The molecule has 9 heteroatoms. The Bertz CT molecular complexity index is 924. The summed E-state index contributed by atoms with van der Waals surface area (Å²) < 4.78 is 65.9. The Hall–Kier alpha value is -3.23. The lowest BCUT2D eigenvalue weighted by Crippen LogP contribution is -2.17. The quantitative estimate of drug-likeness (QED) is 0.625. The third-order valence-electron chi connectivity index (χ3n) is 3.70. The van der Waals surface area contributed by atoms with Gasteiger partial charge in [-0.2, -0.15) is 18.2 Å². The molecule has 1 N–H and O–H groups in total. The lowest BCUT2D eigenvalue weighted by atomic mass is 10.2. The zero-order valence-corrected chi connectivity index (χ0v) is 13.9. The molecule has 0 saturated carbocycles. The van der Waals surface area contributed by atoms with E-state index in [4.69, 9.17) is 0 Å². The summed E-state index contributed by atoms with van der Waals surface area (Å²) in [6.45, 7) is 0. The number of nitrogens with one attached hydrogen (secondary N) is 1. The van der Waals surface area contributed by atoms with Gasteiger partial charge in [-0.1, -0.05) is 0 Å². The Morgan fingerprint density at radius 2 is 1.44 bits per heavy atom. The molecule has 3 rings (SSSR count). The number of benzene rings is 2. The molecule has 0 aliphatic carbocycles. The van der Waals surface area contributed by atoms with E-state index < -0.39 is 29.2 Å². The number of rotatable bonds is 4. The number of nitrogens with zero attached hydrogens (tertiary/aromatic N) is 3. The first kappa shape index (κ1) is 18.6. The van der Waals surface area contributed by atoms with Crippen LogP contribution in [-0.2, 0) is 6.18 Å². The number of halogens is 5. The van der Waals surface area contributed by atoms with Crippen molar-refractivity contribution in [3.63, 3.8) is 0 Å². The Labute approximate surface area is 151 Å². The minimum Gasteiger partial charge on any atom is -0.340 e. The molecular formula is C18H13F5N4. The summed E-state index contributed by atoms with van der Waals surface area (Å²) in [5.74, 6) is -1.47. The Morgan fingerprint density at radius 1 is 0.889 bits per heavy atom. The van der Waals surface area contributed by atoms with Crippen molar-refractivity contribution in [3.8, 4) is 0 Å². The van der Waals surface area contributed by atoms with E-state index in [0.717, 1.165) is 12.1 Å². The van der Waals surface area contributed by atoms with Gasteiger partial charge in [0.2, 0.25) is 5.95 Å². The maximum atomic E-state index is 13.3. The van der Waals surface area contributed by atoms with Crippen LogP contribution in [0.1, 0.15) is 5.56 Å². The maximum Gasteiger partial charge on any atom is 0.421 e. The van der Waals surface area contributed by atoms with Gasteiger partial charge in [0.15, 0.2) is 0 Å². The zero-order valence-electron chi connectivity index (χ0n) is 13.9. The van der Waals surface area contributed by atoms with Crippen molar-refractivity contribution in [1.29, 1.82) is 0 Å². The predicted molar refractivity (Wildman–Crippen MR) is 91.2 cm³/mol. The summed E-state index contributed by atoms with van der Waals surface area (Å²) >= 11 is 0. The van der Waals surface area contributed by atoms with Gasteiger partial charge in [0.25, 0.3) is 0 Å². The van der Waals surface area contributed by atoms with Crippen LogP contribution in [0.5, 0.6) is 0 Å². The van der Waals surface area contributed by atoms with Gasteiger partial charge >= 0.3 is 6.18 Å². The fourth-order valence-corrected chi connectivity index (χ4v) is 2.29. The van der Waals surface area contributed by atoms with E-state index in [1.54, 1.807) is 0 Å². The van der Waals surface area contributed by atoms with E-state index in [-0.39, 0.29) is 11.6 Å². The molecule has 2 aromatic carbocycles. The third-order valence-corrected chi connectivity index (χ3v) is 3.70. The normalized spacial score (nSPS) is 11.3. The van der Waals surface area contributed by atoms with Gasteiger partial charge in [-0.05, 0) is 48.5 Å². The van der Waals surface area contributed by atoms with E-state index in [1.807, 2.05) is 0 Å². The molecule has 0 aliphatic heterocycles. The first-order chi connectivity index (χ1) is 12.7.